The van der Waals surface area contributed by atoms with E-state index in [1.807, 2.05) is 4.90 Å². The molecule has 1 saturated heterocycles. The maximum atomic E-state index is 9.60. The Balaban J connectivity index is 2.24. The Kier molecular flexibility index (Phi) is 4.61. The first-order chi connectivity index (χ1) is 6.24. The number of hydrogen-bond acceptors (Lipinski definition) is 5. The third kappa shape index (κ3) is 3.58. The van der Waals surface area contributed by atoms with E-state index in [-0.39, 0.29) is 13.0 Å². The molecular weight excluding hydrogens is 172 g/mol. The summed E-state index contributed by atoms with van der Waals surface area (Å²) in [4.78, 5) is 1.90. The van der Waals surface area contributed by atoms with Crippen molar-refractivity contribution in [2.45, 2.75) is 18.8 Å². The van der Waals surface area contributed by atoms with E-state index < -0.39 is 12.3 Å². The lowest BCUT2D eigenvalue weighted by molar-refractivity contribution is -0.0458. The van der Waals surface area contributed by atoms with Crippen molar-refractivity contribution in [2.24, 2.45) is 0 Å². The molecule has 78 valence electrons. The van der Waals surface area contributed by atoms with Gasteiger partial charge in [0.25, 0.3) is 0 Å². The maximum Gasteiger partial charge on any atom is 0.110 e. The average molecular weight is 190 g/mol. The molecule has 4 N–H and O–H groups in total. The lowest BCUT2D eigenvalue weighted by atomic mass is 10.2. The minimum absolute atomic E-state index is 0.219. The van der Waals surface area contributed by atoms with Crippen LogP contribution in [0.2, 0.25) is 0 Å². The molecule has 1 heterocycles. The molecule has 1 aliphatic heterocycles. The minimum atomic E-state index is -0.815. The molecule has 0 saturated carbocycles. The molecule has 2 atom stereocenters. The van der Waals surface area contributed by atoms with E-state index in [2.05, 4.69) is 5.32 Å². The summed E-state index contributed by atoms with van der Waals surface area (Å²) in [6.07, 6.45) is -1.23. The smallest absolute Gasteiger partial charge is 0.110 e. The van der Waals surface area contributed by atoms with Gasteiger partial charge in [-0.25, -0.2) is 0 Å². The summed E-state index contributed by atoms with van der Waals surface area (Å²) >= 11 is 0. The number of rotatable bonds is 4. The van der Waals surface area contributed by atoms with Gasteiger partial charge in [0.15, 0.2) is 0 Å². The highest BCUT2D eigenvalue weighted by molar-refractivity contribution is 4.71. The summed E-state index contributed by atoms with van der Waals surface area (Å²) < 4.78 is 0. The number of aliphatic hydroxyl groups is 3. The van der Waals surface area contributed by atoms with Gasteiger partial charge in [0.1, 0.15) is 6.23 Å². The highest BCUT2D eigenvalue weighted by Crippen LogP contribution is 2.05. The molecule has 1 fully saturated rings. The van der Waals surface area contributed by atoms with Crippen LogP contribution in [0.4, 0.5) is 0 Å². The van der Waals surface area contributed by atoms with Gasteiger partial charge in [-0.2, -0.15) is 0 Å². The standard InChI is InChI=1S/C8H18N2O3/c11-6-7(12)5-8(13)10-3-1-9-2-4-10/h7-9,11-13H,1-6H2. The van der Waals surface area contributed by atoms with Crippen molar-refractivity contribution in [3.05, 3.63) is 0 Å². The van der Waals surface area contributed by atoms with Crippen LogP contribution in [0, 0.1) is 0 Å². The van der Waals surface area contributed by atoms with Crippen LogP contribution in [0.3, 0.4) is 0 Å². The molecule has 0 aromatic carbocycles. The largest absolute Gasteiger partial charge is 0.394 e. The van der Waals surface area contributed by atoms with Gasteiger partial charge >= 0.3 is 0 Å². The molecule has 5 heteroatoms. The second-order valence-corrected chi connectivity index (χ2v) is 3.34. The van der Waals surface area contributed by atoms with Crippen LogP contribution in [0.5, 0.6) is 0 Å². The molecule has 1 aliphatic rings. The minimum Gasteiger partial charge on any atom is -0.394 e. The Bertz CT molecular complexity index is 139. The van der Waals surface area contributed by atoms with Crippen LogP contribution in [0.15, 0.2) is 0 Å². The van der Waals surface area contributed by atoms with Gasteiger partial charge in [0.2, 0.25) is 0 Å². The van der Waals surface area contributed by atoms with Crippen LogP contribution in [-0.2, 0) is 0 Å². The summed E-state index contributed by atoms with van der Waals surface area (Å²) in [7, 11) is 0. The zero-order valence-electron chi connectivity index (χ0n) is 7.69. The summed E-state index contributed by atoms with van der Waals surface area (Å²) in [5, 5.41) is 30.5. The van der Waals surface area contributed by atoms with Crippen molar-refractivity contribution in [2.75, 3.05) is 32.8 Å². The molecule has 5 nitrogen and oxygen atoms in total. The molecule has 0 bridgehead atoms. The van der Waals surface area contributed by atoms with Crippen LogP contribution in [-0.4, -0.2) is 65.3 Å². The van der Waals surface area contributed by atoms with Gasteiger partial charge in [0.05, 0.1) is 12.7 Å². The molecule has 1 rings (SSSR count). The quantitative estimate of drug-likeness (QED) is 0.411. The van der Waals surface area contributed by atoms with Crippen LogP contribution in [0.1, 0.15) is 6.42 Å². The summed E-state index contributed by atoms with van der Waals surface area (Å²) in [5.41, 5.74) is 0. The fourth-order valence-electron chi connectivity index (χ4n) is 1.45. The first-order valence-electron chi connectivity index (χ1n) is 4.66. The average Bonchev–Trinajstić information content (AvgIpc) is 2.19. The monoisotopic (exact) mass is 190 g/mol. The third-order valence-corrected chi connectivity index (χ3v) is 2.27. The summed E-state index contributed by atoms with van der Waals surface area (Å²) in [6.45, 7) is 3.03. The summed E-state index contributed by atoms with van der Waals surface area (Å²) in [6, 6.07) is 0. The Morgan fingerprint density at radius 2 is 1.85 bits per heavy atom. The molecular formula is C8H18N2O3. The van der Waals surface area contributed by atoms with Gasteiger partial charge in [-0.15, -0.1) is 0 Å². The molecule has 0 spiro atoms. The van der Waals surface area contributed by atoms with E-state index in [1.165, 1.54) is 0 Å². The maximum absolute atomic E-state index is 9.60. The van der Waals surface area contributed by atoms with Crippen molar-refractivity contribution in [3.8, 4) is 0 Å². The fraction of sp³-hybridized carbons (Fsp3) is 1.00. The third-order valence-electron chi connectivity index (χ3n) is 2.27. The van der Waals surface area contributed by atoms with Crippen LogP contribution >= 0.6 is 0 Å². The van der Waals surface area contributed by atoms with E-state index in [9.17, 15) is 5.11 Å². The topological polar surface area (TPSA) is 76.0 Å². The fourth-order valence-corrected chi connectivity index (χ4v) is 1.45. The summed E-state index contributed by atoms with van der Waals surface area (Å²) in [5.74, 6) is 0. The van der Waals surface area contributed by atoms with Gasteiger partial charge in [-0.05, 0) is 0 Å². The zero-order valence-corrected chi connectivity index (χ0v) is 7.69. The highest BCUT2D eigenvalue weighted by Gasteiger charge is 2.20. The number of hydrogen-bond donors (Lipinski definition) is 4. The Morgan fingerprint density at radius 3 is 2.38 bits per heavy atom. The number of nitrogens with zero attached hydrogens (tertiary/aromatic N) is 1. The van der Waals surface area contributed by atoms with Crippen molar-refractivity contribution < 1.29 is 15.3 Å². The van der Waals surface area contributed by atoms with Crippen molar-refractivity contribution >= 4 is 0 Å². The first kappa shape index (κ1) is 10.9. The van der Waals surface area contributed by atoms with Gasteiger partial charge in [0, 0.05) is 32.6 Å². The SMILES string of the molecule is OCC(O)CC(O)N1CCNCC1. The zero-order chi connectivity index (χ0) is 9.68. The lowest BCUT2D eigenvalue weighted by Crippen LogP contribution is -2.49. The van der Waals surface area contributed by atoms with Crippen molar-refractivity contribution in [1.82, 2.24) is 10.2 Å². The molecule has 0 amide bonds. The van der Waals surface area contributed by atoms with E-state index in [1.54, 1.807) is 0 Å². The molecule has 0 aliphatic carbocycles. The van der Waals surface area contributed by atoms with Crippen LogP contribution in [0.25, 0.3) is 0 Å². The molecule has 0 aromatic heterocycles. The number of nitrogens with one attached hydrogen (secondary N) is 1. The number of piperazine rings is 1. The predicted molar refractivity (Wildman–Crippen MR) is 48.2 cm³/mol. The van der Waals surface area contributed by atoms with Gasteiger partial charge in [-0.1, -0.05) is 0 Å². The van der Waals surface area contributed by atoms with E-state index >= 15 is 0 Å². The molecule has 0 radical (unpaired) electrons. The molecule has 2 unspecified atom stereocenters. The van der Waals surface area contributed by atoms with E-state index in [0.29, 0.717) is 0 Å². The Morgan fingerprint density at radius 1 is 1.23 bits per heavy atom. The lowest BCUT2D eigenvalue weighted by Gasteiger charge is -2.32. The van der Waals surface area contributed by atoms with Crippen LogP contribution < -0.4 is 5.32 Å². The predicted octanol–water partition coefficient (Wildman–Crippen LogP) is -2.05. The van der Waals surface area contributed by atoms with Crippen molar-refractivity contribution in [1.29, 1.82) is 0 Å². The molecule has 0 aromatic rings. The van der Waals surface area contributed by atoms with E-state index in [0.717, 1.165) is 26.2 Å². The second-order valence-electron chi connectivity index (χ2n) is 3.34. The van der Waals surface area contributed by atoms with Gasteiger partial charge < -0.3 is 20.6 Å². The van der Waals surface area contributed by atoms with Crippen molar-refractivity contribution in [3.63, 3.8) is 0 Å². The Hall–Kier alpha value is -0.200. The van der Waals surface area contributed by atoms with Gasteiger partial charge in [-0.3, -0.25) is 4.90 Å². The van der Waals surface area contributed by atoms with E-state index in [4.69, 9.17) is 10.2 Å². The second kappa shape index (κ2) is 5.51. The normalized spacial score (nSPS) is 24.2. The highest BCUT2D eigenvalue weighted by atomic mass is 16.3. The Labute approximate surface area is 78.0 Å². The first-order valence-corrected chi connectivity index (χ1v) is 4.66. The molecule has 13 heavy (non-hydrogen) atoms. The number of aliphatic hydroxyl groups excluding tert-OH is 3.